The number of hydrogen-bond acceptors (Lipinski definition) is 7. The van der Waals surface area contributed by atoms with E-state index in [0.29, 0.717) is 40.8 Å². The molecule has 1 amide bonds. The molecule has 0 spiro atoms. The number of aromatic nitrogens is 6. The summed E-state index contributed by atoms with van der Waals surface area (Å²) < 4.78 is 23.2. The second kappa shape index (κ2) is 7.73. The molecule has 0 bridgehead atoms. The van der Waals surface area contributed by atoms with Gasteiger partial charge in [0.15, 0.2) is 17.0 Å². The Hall–Kier alpha value is -3.50. The summed E-state index contributed by atoms with van der Waals surface area (Å²) in [6.07, 6.45) is 4.00. The Kier molecular flexibility index (Phi) is 5.10. The van der Waals surface area contributed by atoms with E-state index in [1.807, 2.05) is 7.05 Å². The van der Waals surface area contributed by atoms with Gasteiger partial charge in [-0.1, -0.05) is 6.58 Å². The van der Waals surface area contributed by atoms with Crippen LogP contribution < -0.4 is 15.4 Å². The third kappa shape index (κ3) is 3.58. The van der Waals surface area contributed by atoms with Crippen molar-refractivity contribution < 1.29 is 13.9 Å². The molecular formula is C19H23FN8O2. The number of fused-ring (bicyclic) bond motifs is 1. The molecule has 11 heteroatoms. The molecule has 158 valence electrons. The molecule has 4 rings (SSSR count). The van der Waals surface area contributed by atoms with Gasteiger partial charge in [0.25, 0.3) is 5.88 Å². The van der Waals surface area contributed by atoms with Crippen LogP contribution in [0.3, 0.4) is 0 Å². The van der Waals surface area contributed by atoms with Gasteiger partial charge in [0.1, 0.15) is 17.7 Å². The van der Waals surface area contributed by atoms with Crippen LogP contribution in [0.2, 0.25) is 0 Å². The number of anilines is 2. The molecule has 3 aromatic rings. The zero-order valence-electron chi connectivity index (χ0n) is 17.0. The average Bonchev–Trinajstić information content (AvgIpc) is 3.39. The number of nitrogens with one attached hydrogen (secondary N) is 2. The van der Waals surface area contributed by atoms with E-state index in [1.54, 1.807) is 28.8 Å². The normalized spacial score (nSPS) is 21.0. The van der Waals surface area contributed by atoms with Crippen molar-refractivity contribution >= 4 is 28.6 Å². The molecule has 0 radical (unpaired) electrons. The molecule has 1 saturated carbocycles. The lowest BCUT2D eigenvalue weighted by Crippen LogP contribution is -2.37. The Balaban J connectivity index is 1.69. The van der Waals surface area contributed by atoms with Crippen LogP contribution in [0.5, 0.6) is 5.88 Å². The number of imidazole rings is 1. The van der Waals surface area contributed by atoms with Gasteiger partial charge in [-0.3, -0.25) is 9.48 Å². The number of alkyl halides is 1. The van der Waals surface area contributed by atoms with E-state index in [4.69, 9.17) is 4.74 Å². The maximum atomic E-state index is 14.5. The van der Waals surface area contributed by atoms with Crippen molar-refractivity contribution in [1.29, 1.82) is 0 Å². The third-order valence-electron chi connectivity index (χ3n) is 5.18. The molecule has 0 aromatic carbocycles. The largest absolute Gasteiger partial charge is 0.478 e. The minimum atomic E-state index is -1.18. The standard InChI is InChI=1S/C19H23FN8O2/c1-5-14(29)22-12-7-10(6-11(12)20)16-24-17(15-18(25-16)27(2)9-21-15)23-13-8-28(3)26-19(13)30-4/h5,8-12H,1,6-7H2,2-4H3,(H,22,29)(H,23,24,25). The monoisotopic (exact) mass is 414 g/mol. The molecule has 3 atom stereocenters. The highest BCUT2D eigenvalue weighted by atomic mass is 19.1. The highest BCUT2D eigenvalue weighted by molar-refractivity contribution is 5.87. The number of carbonyl (C=O) groups excluding carboxylic acids is 1. The number of halogens is 1. The van der Waals surface area contributed by atoms with Gasteiger partial charge in [0.2, 0.25) is 5.91 Å². The molecule has 30 heavy (non-hydrogen) atoms. The first-order valence-corrected chi connectivity index (χ1v) is 9.50. The number of amides is 1. The van der Waals surface area contributed by atoms with Crippen LogP contribution in [0.1, 0.15) is 24.6 Å². The van der Waals surface area contributed by atoms with Crippen LogP contribution in [0.25, 0.3) is 11.2 Å². The lowest BCUT2D eigenvalue weighted by molar-refractivity contribution is -0.117. The fourth-order valence-electron chi connectivity index (χ4n) is 3.71. The van der Waals surface area contributed by atoms with Crippen molar-refractivity contribution in [1.82, 2.24) is 34.6 Å². The second-order valence-electron chi connectivity index (χ2n) is 7.31. The van der Waals surface area contributed by atoms with E-state index < -0.39 is 18.1 Å². The molecule has 3 aromatic heterocycles. The molecule has 0 saturated heterocycles. The highest BCUT2D eigenvalue weighted by Gasteiger charge is 2.37. The predicted molar refractivity (Wildman–Crippen MR) is 108 cm³/mol. The van der Waals surface area contributed by atoms with Crippen LogP contribution in [0.4, 0.5) is 15.9 Å². The smallest absolute Gasteiger partial charge is 0.256 e. The molecule has 10 nitrogen and oxygen atoms in total. The lowest BCUT2D eigenvalue weighted by Gasteiger charge is -2.14. The van der Waals surface area contributed by atoms with Crippen LogP contribution in [0.15, 0.2) is 25.2 Å². The first-order valence-electron chi connectivity index (χ1n) is 9.50. The van der Waals surface area contributed by atoms with E-state index in [-0.39, 0.29) is 12.3 Å². The summed E-state index contributed by atoms with van der Waals surface area (Å²) in [5, 5.41) is 10.1. The predicted octanol–water partition coefficient (Wildman–Crippen LogP) is 1.74. The van der Waals surface area contributed by atoms with Crippen molar-refractivity contribution in [3.63, 3.8) is 0 Å². The summed E-state index contributed by atoms with van der Waals surface area (Å²) in [6, 6.07) is -0.596. The van der Waals surface area contributed by atoms with Gasteiger partial charge in [-0.2, -0.15) is 0 Å². The number of ether oxygens (including phenoxy) is 1. The summed E-state index contributed by atoms with van der Waals surface area (Å²) in [5.41, 5.74) is 1.83. The third-order valence-corrected chi connectivity index (χ3v) is 5.18. The minimum Gasteiger partial charge on any atom is -0.478 e. The summed E-state index contributed by atoms with van der Waals surface area (Å²) in [4.78, 5) is 25.3. The van der Waals surface area contributed by atoms with E-state index >= 15 is 0 Å². The molecular weight excluding hydrogens is 391 g/mol. The number of methoxy groups -OCH3 is 1. The van der Waals surface area contributed by atoms with Gasteiger partial charge in [-0.05, 0) is 18.9 Å². The Labute approximate surface area is 172 Å². The average molecular weight is 414 g/mol. The summed E-state index contributed by atoms with van der Waals surface area (Å²) in [7, 11) is 5.15. The van der Waals surface area contributed by atoms with Gasteiger partial charge in [0.05, 0.1) is 25.7 Å². The van der Waals surface area contributed by atoms with Crippen molar-refractivity contribution in [3.05, 3.63) is 31.0 Å². The molecule has 0 aliphatic heterocycles. The maximum absolute atomic E-state index is 14.5. The van der Waals surface area contributed by atoms with Gasteiger partial charge in [-0.25, -0.2) is 19.3 Å². The molecule has 3 unspecified atom stereocenters. The SMILES string of the molecule is C=CC(=O)NC1CC(c2nc(Nc3cn(C)nc3OC)c3ncn(C)c3n2)CC1F. The molecule has 1 fully saturated rings. The van der Waals surface area contributed by atoms with E-state index in [2.05, 4.69) is 37.3 Å². The van der Waals surface area contributed by atoms with Crippen molar-refractivity contribution in [2.45, 2.75) is 31.0 Å². The first-order chi connectivity index (χ1) is 14.4. The first kappa shape index (κ1) is 19.8. The van der Waals surface area contributed by atoms with Crippen LogP contribution >= 0.6 is 0 Å². The van der Waals surface area contributed by atoms with Gasteiger partial charge in [-0.15, -0.1) is 5.10 Å². The van der Waals surface area contributed by atoms with E-state index in [9.17, 15) is 9.18 Å². The zero-order valence-corrected chi connectivity index (χ0v) is 17.0. The Morgan fingerprint density at radius 1 is 1.37 bits per heavy atom. The van der Waals surface area contributed by atoms with Crippen molar-refractivity contribution in [2.24, 2.45) is 14.1 Å². The highest BCUT2D eigenvalue weighted by Crippen LogP contribution is 2.37. The molecule has 2 N–H and O–H groups in total. The summed E-state index contributed by atoms with van der Waals surface area (Å²) >= 11 is 0. The lowest BCUT2D eigenvalue weighted by atomic mass is 10.1. The van der Waals surface area contributed by atoms with Crippen LogP contribution in [-0.4, -0.2) is 54.5 Å². The zero-order chi connectivity index (χ0) is 21.4. The number of rotatable bonds is 6. The fraction of sp³-hybridized carbons (Fsp3) is 0.421. The fourth-order valence-corrected chi connectivity index (χ4v) is 3.71. The quantitative estimate of drug-likeness (QED) is 0.591. The summed E-state index contributed by atoms with van der Waals surface area (Å²) in [5.74, 6) is 0.757. The van der Waals surface area contributed by atoms with Crippen molar-refractivity contribution in [3.8, 4) is 5.88 Å². The Bertz CT molecular complexity index is 1110. The number of aryl methyl sites for hydroxylation is 2. The number of carbonyl (C=O) groups is 1. The van der Waals surface area contributed by atoms with Gasteiger partial charge >= 0.3 is 0 Å². The van der Waals surface area contributed by atoms with Crippen LogP contribution in [-0.2, 0) is 18.9 Å². The van der Waals surface area contributed by atoms with Crippen molar-refractivity contribution in [2.75, 3.05) is 12.4 Å². The second-order valence-corrected chi connectivity index (χ2v) is 7.31. The van der Waals surface area contributed by atoms with Gasteiger partial charge in [0, 0.05) is 20.0 Å². The van der Waals surface area contributed by atoms with Gasteiger partial charge < -0.3 is 19.9 Å². The molecule has 3 heterocycles. The number of hydrogen-bond donors (Lipinski definition) is 2. The Morgan fingerprint density at radius 2 is 2.17 bits per heavy atom. The Morgan fingerprint density at radius 3 is 2.90 bits per heavy atom. The summed E-state index contributed by atoms with van der Waals surface area (Å²) in [6.45, 7) is 3.42. The van der Waals surface area contributed by atoms with E-state index in [1.165, 1.54) is 7.11 Å². The van der Waals surface area contributed by atoms with Crippen LogP contribution in [0, 0.1) is 0 Å². The maximum Gasteiger partial charge on any atom is 0.256 e. The minimum absolute atomic E-state index is 0.223. The molecule has 1 aliphatic rings. The number of nitrogens with zero attached hydrogens (tertiary/aromatic N) is 6. The van der Waals surface area contributed by atoms with E-state index in [0.717, 1.165) is 6.08 Å². The molecule has 1 aliphatic carbocycles. The topological polar surface area (TPSA) is 112 Å².